The van der Waals surface area contributed by atoms with Crippen LogP contribution < -0.4 is 29.5 Å². The summed E-state index contributed by atoms with van der Waals surface area (Å²) in [6, 6.07) is 10.8. The summed E-state index contributed by atoms with van der Waals surface area (Å²) in [5, 5.41) is 20.0. The molecule has 4 rings (SSSR count). The van der Waals surface area contributed by atoms with Crippen LogP contribution in [0.15, 0.2) is 36.4 Å². The Morgan fingerprint density at radius 3 is 1.35 bits per heavy atom. The minimum absolute atomic E-state index is 0.341. The summed E-state index contributed by atoms with van der Waals surface area (Å²) >= 11 is 23.9. The van der Waals surface area contributed by atoms with E-state index < -0.39 is 11.9 Å². The van der Waals surface area contributed by atoms with Crippen LogP contribution in [0.5, 0.6) is 11.5 Å². The second-order valence-corrected chi connectivity index (χ2v) is 15.6. The molecule has 2 aliphatic rings. The molecule has 54 heavy (non-hydrogen) atoms. The number of hydrogen-bond acceptors (Lipinski definition) is 8. The van der Waals surface area contributed by atoms with Gasteiger partial charge in [-0.15, -0.1) is 0 Å². The van der Waals surface area contributed by atoms with Gasteiger partial charge in [0.05, 0.1) is 71.4 Å². The van der Waals surface area contributed by atoms with Gasteiger partial charge in [-0.25, -0.2) is 0 Å². The van der Waals surface area contributed by atoms with Gasteiger partial charge >= 0.3 is 0 Å². The molecule has 0 aliphatic carbocycles. The zero-order valence-electron chi connectivity index (χ0n) is 32.3. The maximum atomic E-state index is 8.93. The molecule has 2 aromatic carbocycles. The lowest BCUT2D eigenvalue weighted by molar-refractivity contribution is -0.910. The third kappa shape index (κ3) is 18.7. The zero-order valence-corrected chi connectivity index (χ0v) is 35.3. The van der Waals surface area contributed by atoms with Crippen molar-refractivity contribution in [2.75, 3.05) is 66.7 Å². The number of piperidine rings is 2. The number of unbranched alkanes of at least 4 members (excludes halogenated alkanes) is 4. The predicted octanol–water partition coefficient (Wildman–Crippen LogP) is 4.23. The largest absolute Gasteiger partial charge is 0.543 e. The molecule has 306 valence electrons. The summed E-state index contributed by atoms with van der Waals surface area (Å²) in [7, 11) is 3.68. The summed E-state index contributed by atoms with van der Waals surface area (Å²) in [6.45, 7) is 13.2. The van der Waals surface area contributed by atoms with E-state index in [9.17, 15) is 0 Å². The Hall–Kier alpha value is -2.02. The van der Waals surface area contributed by atoms with Gasteiger partial charge in [0.2, 0.25) is 0 Å². The van der Waals surface area contributed by atoms with Gasteiger partial charge in [0.25, 0.3) is 0 Å². The number of hydrogen-bond donors (Lipinski definition) is 2. The third-order valence-corrected chi connectivity index (χ3v) is 11.6. The number of carbonyl (C=O) groups excluding carboxylic acids is 2. The summed E-state index contributed by atoms with van der Waals surface area (Å²) in [5.74, 6) is -1.66. The molecule has 2 N–H and O–H groups in total. The predicted molar refractivity (Wildman–Crippen MR) is 211 cm³/mol. The zero-order chi connectivity index (χ0) is 39.9. The molecule has 0 spiro atoms. The van der Waals surface area contributed by atoms with E-state index in [4.69, 9.17) is 85.2 Å². The van der Waals surface area contributed by atoms with Gasteiger partial charge in [-0.2, -0.15) is 0 Å². The summed E-state index contributed by atoms with van der Waals surface area (Å²) < 4.78 is 23.2. The Balaban J connectivity index is 0.000000325. The molecule has 0 bridgehead atoms. The highest BCUT2D eigenvalue weighted by atomic mass is 35.5. The second kappa shape index (κ2) is 27.6. The van der Waals surface area contributed by atoms with Crippen LogP contribution in [0.4, 0.5) is 0 Å². The Morgan fingerprint density at radius 1 is 0.648 bits per heavy atom. The molecule has 2 aromatic rings. The normalized spacial score (nSPS) is 22.2. The SMILES string of the molecule is CCCCC[NH+]1CCC(CCOc2ccc(Cl)c(Cl)c2)C(OC)C1.CCCCC[NH+]1CCC(CCOc2ccc(Cl)c(Cl)c2)C(OC)C1.O=C([O-])C(=O)[O-]. The molecular weight excluding hydrogens is 778 g/mol. The quantitative estimate of drug-likeness (QED) is 0.169. The molecule has 10 nitrogen and oxygen atoms in total. The Kier molecular flexibility index (Phi) is 24.6. The molecule has 0 saturated carbocycles. The van der Waals surface area contributed by atoms with E-state index in [0.29, 0.717) is 57.3 Å². The number of ether oxygens (including phenoxy) is 4. The number of carboxylic acids is 2. The Bertz CT molecular complexity index is 1270. The van der Waals surface area contributed by atoms with Gasteiger partial charge in [0.1, 0.15) is 36.8 Å². The molecule has 0 aromatic heterocycles. The van der Waals surface area contributed by atoms with E-state index in [1.807, 2.05) is 26.4 Å². The number of rotatable bonds is 18. The fourth-order valence-electron chi connectivity index (χ4n) is 6.96. The third-order valence-electron chi connectivity index (χ3n) is 10.1. The van der Waals surface area contributed by atoms with Crippen LogP contribution in [0.3, 0.4) is 0 Å². The number of carboxylic acid groups (broad SMARTS) is 2. The molecule has 0 radical (unpaired) electrons. The molecule has 0 amide bonds. The van der Waals surface area contributed by atoms with Crippen molar-refractivity contribution in [1.29, 1.82) is 0 Å². The van der Waals surface area contributed by atoms with Crippen LogP contribution in [0, 0.1) is 11.8 Å². The van der Waals surface area contributed by atoms with E-state index in [1.165, 1.54) is 77.5 Å². The van der Waals surface area contributed by atoms with Crippen molar-refractivity contribution in [2.24, 2.45) is 11.8 Å². The Morgan fingerprint density at radius 2 is 1.04 bits per heavy atom. The van der Waals surface area contributed by atoms with Crippen LogP contribution in [-0.2, 0) is 19.1 Å². The second-order valence-electron chi connectivity index (χ2n) is 14.0. The van der Waals surface area contributed by atoms with Gasteiger partial charge < -0.3 is 48.5 Å². The van der Waals surface area contributed by atoms with Crippen molar-refractivity contribution < 1.29 is 48.5 Å². The molecule has 2 fully saturated rings. The first-order valence-electron chi connectivity index (χ1n) is 19.2. The number of aliphatic carboxylic acids is 2. The number of nitrogens with one attached hydrogen (secondary N) is 2. The standard InChI is InChI=1S/2C19H29Cl2NO2.C2H2O4/c2*1-3-4-5-10-22-11-8-15(19(14-22)23-2)9-12-24-16-6-7-17(20)18(21)13-16;3-1(4)2(5)6/h2*6-7,13,15,19H,3-5,8-12,14H2,1-2H3;(H,3,4)(H,5,6). The van der Waals surface area contributed by atoms with Crippen LogP contribution in [0.2, 0.25) is 20.1 Å². The first kappa shape index (κ1) is 48.1. The van der Waals surface area contributed by atoms with Gasteiger partial charge in [0, 0.05) is 39.2 Å². The molecule has 6 unspecified atom stereocenters. The highest BCUT2D eigenvalue weighted by Gasteiger charge is 2.32. The van der Waals surface area contributed by atoms with Gasteiger partial charge in [-0.3, -0.25) is 0 Å². The van der Waals surface area contributed by atoms with E-state index in [-0.39, 0.29) is 0 Å². The molecule has 2 heterocycles. The van der Waals surface area contributed by atoms with E-state index in [0.717, 1.165) is 37.4 Å². The summed E-state index contributed by atoms with van der Waals surface area (Å²) in [5.41, 5.74) is 0. The average Bonchev–Trinajstić information content (AvgIpc) is 3.16. The topological polar surface area (TPSA) is 126 Å². The number of likely N-dealkylation sites (tertiary alicyclic amines) is 2. The number of carbonyl (C=O) groups is 2. The maximum absolute atomic E-state index is 8.93. The maximum Gasteiger partial charge on any atom is 0.120 e. The minimum atomic E-state index is -2.19. The highest BCUT2D eigenvalue weighted by molar-refractivity contribution is 6.42. The average molecular weight is 839 g/mol. The molecule has 2 saturated heterocycles. The fraction of sp³-hybridized carbons (Fsp3) is 0.650. The Labute approximate surface area is 342 Å². The van der Waals surface area contributed by atoms with Crippen molar-refractivity contribution in [1.82, 2.24) is 0 Å². The van der Waals surface area contributed by atoms with Crippen LogP contribution in [-0.4, -0.2) is 90.8 Å². The van der Waals surface area contributed by atoms with Crippen molar-refractivity contribution in [2.45, 2.75) is 90.3 Å². The number of quaternary nitrogens is 2. The lowest BCUT2D eigenvalue weighted by Crippen LogP contribution is -3.14. The number of methoxy groups -OCH3 is 2. The van der Waals surface area contributed by atoms with E-state index in [1.54, 1.807) is 34.1 Å². The lowest BCUT2D eigenvalue weighted by Gasteiger charge is -2.35. The van der Waals surface area contributed by atoms with Gasteiger partial charge in [0.15, 0.2) is 0 Å². The van der Waals surface area contributed by atoms with E-state index in [2.05, 4.69) is 13.8 Å². The monoisotopic (exact) mass is 836 g/mol. The molecule has 14 heteroatoms. The van der Waals surface area contributed by atoms with Gasteiger partial charge in [-0.05, 0) is 74.6 Å². The summed E-state index contributed by atoms with van der Waals surface area (Å²) in [4.78, 5) is 21.2. The van der Waals surface area contributed by atoms with Crippen molar-refractivity contribution in [3.63, 3.8) is 0 Å². The van der Waals surface area contributed by atoms with Crippen molar-refractivity contribution >= 4 is 58.3 Å². The first-order chi connectivity index (χ1) is 25.9. The first-order valence-corrected chi connectivity index (χ1v) is 20.7. The smallest absolute Gasteiger partial charge is 0.120 e. The lowest BCUT2D eigenvalue weighted by atomic mass is 9.91. The van der Waals surface area contributed by atoms with Crippen LogP contribution >= 0.6 is 46.4 Å². The van der Waals surface area contributed by atoms with E-state index >= 15 is 0 Å². The minimum Gasteiger partial charge on any atom is -0.543 e. The van der Waals surface area contributed by atoms with Crippen molar-refractivity contribution in [3.05, 3.63) is 56.5 Å². The molecular formula is C40H60Cl4N2O8. The number of benzene rings is 2. The highest BCUT2D eigenvalue weighted by Crippen LogP contribution is 2.28. The molecule has 6 atom stereocenters. The van der Waals surface area contributed by atoms with Crippen LogP contribution in [0.25, 0.3) is 0 Å². The van der Waals surface area contributed by atoms with Gasteiger partial charge in [-0.1, -0.05) is 73.1 Å². The summed E-state index contributed by atoms with van der Waals surface area (Å²) in [6.07, 6.45) is 13.0. The molecule has 2 aliphatic heterocycles. The van der Waals surface area contributed by atoms with Crippen molar-refractivity contribution in [3.8, 4) is 11.5 Å². The van der Waals surface area contributed by atoms with Crippen LogP contribution in [0.1, 0.15) is 78.1 Å². The fourth-order valence-corrected chi connectivity index (χ4v) is 7.54. The number of halogens is 4.